The molecule has 0 saturated heterocycles. The largest absolute Gasteiger partial charge is 0.491 e. The highest BCUT2D eigenvalue weighted by atomic mass is 16.5. The summed E-state index contributed by atoms with van der Waals surface area (Å²) in [6.45, 7) is 1.17. The van der Waals surface area contributed by atoms with Crippen molar-refractivity contribution in [1.29, 1.82) is 0 Å². The minimum atomic E-state index is 0.0136. The second kappa shape index (κ2) is 6.92. The van der Waals surface area contributed by atoms with Crippen LogP contribution < -0.4 is 4.74 Å². The van der Waals surface area contributed by atoms with Crippen LogP contribution in [0.5, 0.6) is 5.75 Å². The molecule has 0 unspecified atom stereocenters. The van der Waals surface area contributed by atoms with E-state index in [1.807, 2.05) is 0 Å². The van der Waals surface area contributed by atoms with E-state index in [9.17, 15) is 4.91 Å². The first-order chi connectivity index (χ1) is 7.36. The Bertz CT molecular complexity index is 286. The SMILES string of the molecule is O=Nc1ccc(OCCOCCO)cc1. The third-order valence-electron chi connectivity index (χ3n) is 1.67. The maximum atomic E-state index is 10.1. The Morgan fingerprint density at radius 3 is 2.47 bits per heavy atom. The standard InChI is InChI=1S/C10H13NO4/c12-5-6-14-7-8-15-10-3-1-9(11-13)2-4-10/h1-4,12H,5-8H2. The van der Waals surface area contributed by atoms with E-state index < -0.39 is 0 Å². The minimum absolute atomic E-state index is 0.0136. The molecule has 82 valence electrons. The highest BCUT2D eigenvalue weighted by molar-refractivity contribution is 5.40. The normalized spacial score (nSPS) is 9.93. The molecule has 1 aromatic rings. The van der Waals surface area contributed by atoms with Crippen molar-refractivity contribution >= 4 is 5.69 Å². The smallest absolute Gasteiger partial charge is 0.119 e. The summed E-state index contributed by atoms with van der Waals surface area (Å²) in [6.07, 6.45) is 0. The number of nitroso groups, excluding NO2 is 1. The third-order valence-corrected chi connectivity index (χ3v) is 1.67. The molecule has 0 fully saturated rings. The van der Waals surface area contributed by atoms with E-state index >= 15 is 0 Å². The average Bonchev–Trinajstić information content (AvgIpc) is 2.30. The maximum absolute atomic E-state index is 10.1. The van der Waals surface area contributed by atoms with Gasteiger partial charge in [0.25, 0.3) is 0 Å². The molecule has 5 heteroatoms. The van der Waals surface area contributed by atoms with Gasteiger partial charge in [-0.1, -0.05) is 0 Å². The zero-order valence-electron chi connectivity index (χ0n) is 8.26. The molecule has 0 aliphatic rings. The summed E-state index contributed by atoms with van der Waals surface area (Å²) < 4.78 is 10.3. The van der Waals surface area contributed by atoms with E-state index in [1.165, 1.54) is 0 Å². The molecule has 1 rings (SSSR count). The Kier molecular flexibility index (Phi) is 5.35. The molecule has 0 aliphatic carbocycles. The first-order valence-corrected chi connectivity index (χ1v) is 4.61. The van der Waals surface area contributed by atoms with Crippen molar-refractivity contribution in [3.05, 3.63) is 29.2 Å². The third kappa shape index (κ3) is 4.53. The number of aliphatic hydroxyl groups excluding tert-OH is 1. The Morgan fingerprint density at radius 2 is 1.87 bits per heavy atom. The minimum Gasteiger partial charge on any atom is -0.491 e. The molecule has 0 spiro atoms. The highest BCUT2D eigenvalue weighted by Gasteiger charge is 1.95. The van der Waals surface area contributed by atoms with Crippen LogP contribution in [0.15, 0.2) is 29.4 Å². The van der Waals surface area contributed by atoms with Crippen LogP contribution in [0.1, 0.15) is 0 Å². The van der Waals surface area contributed by atoms with E-state index in [-0.39, 0.29) is 6.61 Å². The molecule has 0 aromatic heterocycles. The molecule has 1 N–H and O–H groups in total. The fraction of sp³-hybridized carbons (Fsp3) is 0.400. The van der Waals surface area contributed by atoms with Gasteiger partial charge in [0.15, 0.2) is 0 Å². The van der Waals surface area contributed by atoms with Crippen LogP contribution in [0, 0.1) is 4.91 Å². The molecule has 0 heterocycles. The van der Waals surface area contributed by atoms with Crippen molar-refractivity contribution in [2.75, 3.05) is 26.4 Å². The fourth-order valence-electron chi connectivity index (χ4n) is 0.988. The molecular weight excluding hydrogens is 198 g/mol. The van der Waals surface area contributed by atoms with Gasteiger partial charge in [0, 0.05) is 0 Å². The van der Waals surface area contributed by atoms with Crippen LogP contribution in [0.3, 0.4) is 0 Å². The molecule has 0 aliphatic heterocycles. The molecule has 15 heavy (non-hydrogen) atoms. The van der Waals surface area contributed by atoms with Crippen molar-refractivity contribution in [1.82, 2.24) is 0 Å². The molecule has 0 bridgehead atoms. The topological polar surface area (TPSA) is 68.1 Å². The second-order valence-electron chi connectivity index (χ2n) is 2.77. The number of ether oxygens (including phenoxy) is 2. The summed E-state index contributed by atoms with van der Waals surface area (Å²) in [6, 6.07) is 6.50. The molecular formula is C10H13NO4. The van der Waals surface area contributed by atoms with Gasteiger partial charge in [0.1, 0.15) is 18.0 Å². The molecule has 1 aromatic carbocycles. The second-order valence-corrected chi connectivity index (χ2v) is 2.77. The van der Waals surface area contributed by atoms with Gasteiger partial charge in [0.05, 0.1) is 19.8 Å². The summed E-state index contributed by atoms with van der Waals surface area (Å²) in [5.41, 5.74) is 0.374. The molecule has 0 saturated carbocycles. The number of benzene rings is 1. The summed E-state index contributed by atoms with van der Waals surface area (Å²) in [4.78, 5) is 10.1. The van der Waals surface area contributed by atoms with Crippen LogP contribution in [-0.4, -0.2) is 31.5 Å². The zero-order chi connectivity index (χ0) is 10.9. The lowest BCUT2D eigenvalue weighted by atomic mass is 10.3. The molecule has 0 radical (unpaired) electrons. The maximum Gasteiger partial charge on any atom is 0.119 e. The lowest BCUT2D eigenvalue weighted by Crippen LogP contribution is -2.08. The van der Waals surface area contributed by atoms with E-state index in [1.54, 1.807) is 24.3 Å². The quantitative estimate of drug-likeness (QED) is 0.547. The summed E-state index contributed by atoms with van der Waals surface area (Å²) in [5, 5.41) is 11.2. The van der Waals surface area contributed by atoms with Crippen molar-refractivity contribution in [2.45, 2.75) is 0 Å². The Labute approximate surface area is 87.6 Å². The van der Waals surface area contributed by atoms with Crippen molar-refractivity contribution < 1.29 is 14.6 Å². The average molecular weight is 211 g/mol. The van der Waals surface area contributed by atoms with Gasteiger partial charge in [-0.25, -0.2) is 0 Å². The van der Waals surface area contributed by atoms with E-state index in [2.05, 4.69) is 5.18 Å². The summed E-state index contributed by atoms with van der Waals surface area (Å²) in [7, 11) is 0. The van der Waals surface area contributed by atoms with E-state index in [0.717, 1.165) is 0 Å². The zero-order valence-corrected chi connectivity index (χ0v) is 8.26. The molecule has 0 amide bonds. The van der Waals surface area contributed by atoms with Gasteiger partial charge < -0.3 is 14.6 Å². The predicted octanol–water partition coefficient (Wildman–Crippen LogP) is 1.47. The van der Waals surface area contributed by atoms with Gasteiger partial charge in [-0.2, -0.15) is 0 Å². The van der Waals surface area contributed by atoms with Crippen LogP contribution in [0.4, 0.5) is 5.69 Å². The molecule has 0 atom stereocenters. The monoisotopic (exact) mass is 211 g/mol. The van der Waals surface area contributed by atoms with Crippen LogP contribution in [0.2, 0.25) is 0 Å². The van der Waals surface area contributed by atoms with Crippen molar-refractivity contribution in [3.63, 3.8) is 0 Å². The number of hydrogen-bond acceptors (Lipinski definition) is 5. The van der Waals surface area contributed by atoms with Crippen molar-refractivity contribution in [2.24, 2.45) is 5.18 Å². The van der Waals surface area contributed by atoms with Gasteiger partial charge in [0.2, 0.25) is 0 Å². The van der Waals surface area contributed by atoms with Crippen LogP contribution >= 0.6 is 0 Å². The lowest BCUT2D eigenvalue weighted by molar-refractivity contribution is 0.0705. The number of nitrogens with zero attached hydrogens (tertiary/aromatic N) is 1. The van der Waals surface area contributed by atoms with E-state index in [4.69, 9.17) is 14.6 Å². The molecule has 5 nitrogen and oxygen atoms in total. The fourth-order valence-corrected chi connectivity index (χ4v) is 0.988. The first-order valence-electron chi connectivity index (χ1n) is 4.61. The first kappa shape index (κ1) is 11.6. The summed E-state index contributed by atoms with van der Waals surface area (Å²) in [5.74, 6) is 0.662. The van der Waals surface area contributed by atoms with Gasteiger partial charge >= 0.3 is 0 Å². The van der Waals surface area contributed by atoms with Gasteiger partial charge in [-0.3, -0.25) is 0 Å². The lowest BCUT2D eigenvalue weighted by Gasteiger charge is -2.05. The number of hydrogen-bond donors (Lipinski definition) is 1. The predicted molar refractivity (Wildman–Crippen MR) is 55.3 cm³/mol. The van der Waals surface area contributed by atoms with Crippen LogP contribution in [-0.2, 0) is 4.74 Å². The highest BCUT2D eigenvalue weighted by Crippen LogP contribution is 2.17. The summed E-state index contributed by atoms with van der Waals surface area (Å²) >= 11 is 0. The number of rotatable bonds is 7. The Balaban J connectivity index is 2.22. The number of aliphatic hydroxyl groups is 1. The Hall–Kier alpha value is -1.46. The van der Waals surface area contributed by atoms with Gasteiger partial charge in [-0.15, -0.1) is 4.91 Å². The Morgan fingerprint density at radius 1 is 1.13 bits per heavy atom. The van der Waals surface area contributed by atoms with Crippen molar-refractivity contribution in [3.8, 4) is 5.75 Å². The van der Waals surface area contributed by atoms with E-state index in [0.29, 0.717) is 31.3 Å². The van der Waals surface area contributed by atoms with Gasteiger partial charge in [-0.05, 0) is 29.4 Å². The van der Waals surface area contributed by atoms with Crippen LogP contribution in [0.25, 0.3) is 0 Å².